The standard InChI is InChI=1S/C15H32OSi/c1-4-5-6-7-8-9-10-12-15-13-11-14-17(2,3)16-15/h15H,4-14H2,1-3H3. The quantitative estimate of drug-likeness (QED) is 0.411. The monoisotopic (exact) mass is 256 g/mol. The molecule has 17 heavy (non-hydrogen) atoms. The molecular weight excluding hydrogens is 224 g/mol. The number of unbranched alkanes of at least 4 members (excludes halogenated alkanes) is 6. The van der Waals surface area contributed by atoms with Gasteiger partial charge in [0.1, 0.15) is 0 Å². The van der Waals surface area contributed by atoms with E-state index in [0.29, 0.717) is 6.10 Å². The summed E-state index contributed by atoms with van der Waals surface area (Å²) in [6.07, 6.45) is 14.6. The Labute approximate surface area is 109 Å². The Balaban J connectivity index is 1.95. The van der Waals surface area contributed by atoms with E-state index in [1.165, 1.54) is 70.3 Å². The molecule has 0 aromatic rings. The Morgan fingerprint density at radius 1 is 1.00 bits per heavy atom. The van der Waals surface area contributed by atoms with Crippen LogP contribution in [-0.4, -0.2) is 14.4 Å². The molecule has 2 heteroatoms. The summed E-state index contributed by atoms with van der Waals surface area (Å²) in [5, 5.41) is 0. The Bertz CT molecular complexity index is 191. The summed E-state index contributed by atoms with van der Waals surface area (Å²) in [5.74, 6) is 0. The first-order valence-electron chi connectivity index (χ1n) is 7.82. The van der Waals surface area contributed by atoms with E-state index in [-0.39, 0.29) is 0 Å². The van der Waals surface area contributed by atoms with Gasteiger partial charge in [0, 0.05) is 6.10 Å². The molecule has 1 nitrogen and oxygen atoms in total. The molecule has 0 radical (unpaired) electrons. The van der Waals surface area contributed by atoms with Gasteiger partial charge in [0.15, 0.2) is 8.32 Å². The Morgan fingerprint density at radius 2 is 1.65 bits per heavy atom. The molecule has 1 unspecified atom stereocenters. The molecule has 1 saturated heterocycles. The second-order valence-corrected chi connectivity index (χ2v) is 10.6. The number of hydrogen-bond acceptors (Lipinski definition) is 1. The molecule has 1 atom stereocenters. The van der Waals surface area contributed by atoms with E-state index in [0.717, 1.165) is 0 Å². The van der Waals surface area contributed by atoms with Crippen LogP contribution in [0.4, 0.5) is 0 Å². The van der Waals surface area contributed by atoms with Crippen molar-refractivity contribution in [3.05, 3.63) is 0 Å². The zero-order chi connectivity index (χ0) is 12.6. The third-order valence-electron chi connectivity index (χ3n) is 3.92. The van der Waals surface area contributed by atoms with E-state index in [1.54, 1.807) is 0 Å². The number of rotatable bonds is 8. The lowest BCUT2D eigenvalue weighted by Gasteiger charge is -2.34. The topological polar surface area (TPSA) is 9.23 Å². The Hall–Kier alpha value is 0.177. The van der Waals surface area contributed by atoms with Crippen molar-refractivity contribution in [1.29, 1.82) is 0 Å². The van der Waals surface area contributed by atoms with Crippen LogP contribution in [0, 0.1) is 0 Å². The maximum atomic E-state index is 6.26. The van der Waals surface area contributed by atoms with Gasteiger partial charge in [0.25, 0.3) is 0 Å². The van der Waals surface area contributed by atoms with Crippen LogP contribution in [0.25, 0.3) is 0 Å². The fraction of sp³-hybridized carbons (Fsp3) is 1.00. The summed E-state index contributed by atoms with van der Waals surface area (Å²) in [5.41, 5.74) is 0. The third-order valence-corrected chi connectivity index (χ3v) is 6.45. The summed E-state index contributed by atoms with van der Waals surface area (Å²) < 4.78 is 6.26. The lowest BCUT2D eigenvalue weighted by Crippen LogP contribution is -2.39. The lowest BCUT2D eigenvalue weighted by atomic mass is 10.0. The van der Waals surface area contributed by atoms with E-state index in [1.807, 2.05) is 0 Å². The normalized spacial score (nSPS) is 23.8. The van der Waals surface area contributed by atoms with Gasteiger partial charge in [-0.3, -0.25) is 0 Å². The van der Waals surface area contributed by atoms with Crippen LogP contribution in [0.3, 0.4) is 0 Å². The smallest absolute Gasteiger partial charge is 0.187 e. The molecule has 0 N–H and O–H groups in total. The van der Waals surface area contributed by atoms with Crippen molar-refractivity contribution in [1.82, 2.24) is 0 Å². The minimum atomic E-state index is -1.24. The highest BCUT2D eigenvalue weighted by Gasteiger charge is 2.30. The summed E-state index contributed by atoms with van der Waals surface area (Å²) in [6, 6.07) is 1.38. The van der Waals surface area contributed by atoms with Crippen molar-refractivity contribution in [2.24, 2.45) is 0 Å². The van der Waals surface area contributed by atoms with Crippen molar-refractivity contribution in [2.45, 2.75) is 96.4 Å². The van der Waals surface area contributed by atoms with Crippen LogP contribution < -0.4 is 0 Å². The second kappa shape index (κ2) is 8.31. The molecule has 0 bridgehead atoms. The fourth-order valence-electron chi connectivity index (χ4n) is 2.86. The molecule has 1 rings (SSSR count). The van der Waals surface area contributed by atoms with E-state index in [9.17, 15) is 0 Å². The van der Waals surface area contributed by atoms with E-state index in [2.05, 4.69) is 20.0 Å². The summed E-state index contributed by atoms with van der Waals surface area (Å²) in [6.45, 7) is 7.04. The van der Waals surface area contributed by atoms with Gasteiger partial charge in [-0.25, -0.2) is 0 Å². The van der Waals surface area contributed by atoms with Crippen LogP contribution >= 0.6 is 0 Å². The summed E-state index contributed by atoms with van der Waals surface area (Å²) in [7, 11) is -1.24. The number of hydrogen-bond donors (Lipinski definition) is 0. The predicted molar refractivity (Wildman–Crippen MR) is 79.0 cm³/mol. The van der Waals surface area contributed by atoms with Gasteiger partial charge in [0.2, 0.25) is 0 Å². The van der Waals surface area contributed by atoms with Gasteiger partial charge in [-0.15, -0.1) is 0 Å². The molecule has 0 saturated carbocycles. The summed E-state index contributed by atoms with van der Waals surface area (Å²) in [4.78, 5) is 0. The van der Waals surface area contributed by atoms with Crippen molar-refractivity contribution in [2.75, 3.05) is 0 Å². The molecule has 0 aromatic heterocycles. The molecule has 0 spiro atoms. The fourth-order valence-corrected chi connectivity index (χ4v) is 5.17. The van der Waals surface area contributed by atoms with Gasteiger partial charge >= 0.3 is 0 Å². The van der Waals surface area contributed by atoms with Crippen LogP contribution in [-0.2, 0) is 4.43 Å². The maximum Gasteiger partial charge on any atom is 0.187 e. The van der Waals surface area contributed by atoms with Crippen molar-refractivity contribution in [3.8, 4) is 0 Å². The van der Waals surface area contributed by atoms with Crippen LogP contribution in [0.2, 0.25) is 19.1 Å². The maximum absolute atomic E-state index is 6.26. The molecule has 1 aliphatic heterocycles. The zero-order valence-electron chi connectivity index (χ0n) is 12.3. The van der Waals surface area contributed by atoms with Crippen LogP contribution in [0.1, 0.15) is 71.1 Å². The summed E-state index contributed by atoms with van der Waals surface area (Å²) >= 11 is 0. The first kappa shape index (κ1) is 15.2. The largest absolute Gasteiger partial charge is 0.414 e. The highest BCUT2D eigenvalue weighted by atomic mass is 28.4. The average Bonchev–Trinajstić information content (AvgIpc) is 2.27. The van der Waals surface area contributed by atoms with E-state index >= 15 is 0 Å². The molecule has 1 fully saturated rings. The zero-order valence-corrected chi connectivity index (χ0v) is 13.3. The van der Waals surface area contributed by atoms with Crippen molar-refractivity contribution < 1.29 is 4.43 Å². The van der Waals surface area contributed by atoms with Gasteiger partial charge < -0.3 is 4.43 Å². The molecule has 0 aromatic carbocycles. The predicted octanol–water partition coefficient (Wildman–Crippen LogP) is 5.51. The second-order valence-electron chi connectivity index (χ2n) is 6.30. The van der Waals surface area contributed by atoms with Gasteiger partial charge in [-0.05, 0) is 32.0 Å². The minimum Gasteiger partial charge on any atom is -0.414 e. The first-order chi connectivity index (χ1) is 8.14. The minimum absolute atomic E-state index is 0.612. The van der Waals surface area contributed by atoms with Gasteiger partial charge in [-0.2, -0.15) is 0 Å². The molecule has 0 amide bonds. The van der Waals surface area contributed by atoms with Gasteiger partial charge in [0.05, 0.1) is 0 Å². The third kappa shape index (κ3) is 7.25. The SMILES string of the molecule is CCCCCCCCCC1CCC[Si](C)(C)O1. The van der Waals surface area contributed by atoms with Gasteiger partial charge in [-0.1, -0.05) is 58.3 Å². The van der Waals surface area contributed by atoms with E-state index in [4.69, 9.17) is 4.43 Å². The molecule has 0 aliphatic carbocycles. The lowest BCUT2D eigenvalue weighted by molar-refractivity contribution is 0.148. The highest BCUT2D eigenvalue weighted by Crippen LogP contribution is 2.28. The molecule has 102 valence electrons. The first-order valence-corrected chi connectivity index (χ1v) is 10.9. The van der Waals surface area contributed by atoms with Crippen LogP contribution in [0.5, 0.6) is 0 Å². The molecular formula is C15H32OSi. The van der Waals surface area contributed by atoms with Crippen molar-refractivity contribution in [3.63, 3.8) is 0 Å². The Morgan fingerprint density at radius 3 is 2.29 bits per heavy atom. The molecule has 1 heterocycles. The average molecular weight is 257 g/mol. The highest BCUT2D eigenvalue weighted by molar-refractivity contribution is 6.71. The molecule has 1 aliphatic rings. The van der Waals surface area contributed by atoms with Crippen molar-refractivity contribution >= 4 is 8.32 Å². The van der Waals surface area contributed by atoms with E-state index < -0.39 is 8.32 Å². The van der Waals surface area contributed by atoms with Crippen LogP contribution in [0.15, 0.2) is 0 Å². The Kier molecular flexibility index (Phi) is 7.45.